The maximum absolute atomic E-state index is 11.7. The Labute approximate surface area is 136 Å². The maximum atomic E-state index is 11.7. The van der Waals surface area contributed by atoms with E-state index in [2.05, 4.69) is 34.6 Å². The highest BCUT2D eigenvalue weighted by Crippen LogP contribution is 2.17. The summed E-state index contributed by atoms with van der Waals surface area (Å²) in [4.78, 5) is 18.0. The summed E-state index contributed by atoms with van der Waals surface area (Å²) >= 11 is 0. The summed E-state index contributed by atoms with van der Waals surface area (Å²) in [5.74, 6) is 0. The lowest BCUT2D eigenvalue weighted by Crippen LogP contribution is -2.44. The van der Waals surface area contributed by atoms with Gasteiger partial charge >= 0.3 is 6.09 Å². The second-order valence-corrected chi connectivity index (χ2v) is 5.83. The minimum Gasteiger partial charge on any atom is -0.450 e. The van der Waals surface area contributed by atoms with Crippen LogP contribution in [0.2, 0.25) is 0 Å². The zero-order chi connectivity index (χ0) is 16.1. The summed E-state index contributed by atoms with van der Waals surface area (Å²) in [6.07, 6.45) is 3.56. The molecule has 2 heterocycles. The van der Waals surface area contributed by atoms with Crippen molar-refractivity contribution in [3.63, 3.8) is 0 Å². The summed E-state index contributed by atoms with van der Waals surface area (Å²) in [7, 11) is 0. The average Bonchev–Trinajstić information content (AvgIpc) is 2.60. The number of rotatable bonds is 4. The summed E-state index contributed by atoms with van der Waals surface area (Å²) in [5, 5.41) is 4.77. The van der Waals surface area contributed by atoms with Gasteiger partial charge in [0, 0.05) is 37.3 Å². The van der Waals surface area contributed by atoms with E-state index in [1.165, 1.54) is 10.9 Å². The quantitative estimate of drug-likeness (QED) is 0.943. The Bertz CT molecular complexity index is 661. The number of hydrogen-bond donors (Lipinski definition) is 1. The molecule has 1 aromatic heterocycles. The fourth-order valence-corrected chi connectivity index (χ4v) is 3.05. The van der Waals surface area contributed by atoms with Gasteiger partial charge in [0.15, 0.2) is 0 Å². The first kappa shape index (κ1) is 15.7. The number of likely N-dealkylation sites (tertiary alicyclic amines) is 1. The molecule has 1 saturated heterocycles. The molecule has 1 fully saturated rings. The molecule has 23 heavy (non-hydrogen) atoms. The number of aromatic nitrogens is 1. The molecule has 0 atom stereocenters. The normalized spacial score (nSPS) is 15.8. The molecule has 1 N–H and O–H groups in total. The van der Waals surface area contributed by atoms with Gasteiger partial charge in [-0.05, 0) is 31.4 Å². The van der Waals surface area contributed by atoms with Crippen LogP contribution in [0.15, 0.2) is 36.5 Å². The Morgan fingerprint density at radius 3 is 2.87 bits per heavy atom. The third-order valence-electron chi connectivity index (χ3n) is 4.32. The van der Waals surface area contributed by atoms with E-state index in [0.717, 1.165) is 38.0 Å². The Hall–Kier alpha value is -2.14. The van der Waals surface area contributed by atoms with Gasteiger partial charge in [-0.25, -0.2) is 4.79 Å². The van der Waals surface area contributed by atoms with E-state index >= 15 is 0 Å². The Morgan fingerprint density at radius 1 is 1.30 bits per heavy atom. The Kier molecular flexibility index (Phi) is 5.08. The van der Waals surface area contributed by atoms with Crippen molar-refractivity contribution in [2.24, 2.45) is 0 Å². The van der Waals surface area contributed by atoms with Crippen LogP contribution < -0.4 is 5.32 Å². The number of carbonyl (C=O) groups excluding carboxylic acids is 1. The van der Waals surface area contributed by atoms with Crippen molar-refractivity contribution < 1.29 is 9.53 Å². The smallest absolute Gasteiger partial charge is 0.409 e. The van der Waals surface area contributed by atoms with Crippen molar-refractivity contribution in [2.75, 3.05) is 19.7 Å². The van der Waals surface area contributed by atoms with Crippen molar-refractivity contribution >= 4 is 17.0 Å². The number of fused-ring (bicyclic) bond motifs is 1. The predicted octanol–water partition coefficient (Wildman–Crippen LogP) is 2.95. The first-order chi connectivity index (χ1) is 11.3. The van der Waals surface area contributed by atoms with Crippen molar-refractivity contribution in [2.45, 2.75) is 32.4 Å². The van der Waals surface area contributed by atoms with E-state index in [-0.39, 0.29) is 6.09 Å². The number of carbonyl (C=O) groups is 1. The van der Waals surface area contributed by atoms with Gasteiger partial charge in [0.05, 0.1) is 12.1 Å². The van der Waals surface area contributed by atoms with E-state index < -0.39 is 0 Å². The number of piperidine rings is 1. The fraction of sp³-hybridized carbons (Fsp3) is 0.444. The van der Waals surface area contributed by atoms with Crippen molar-refractivity contribution in [1.82, 2.24) is 15.2 Å². The van der Waals surface area contributed by atoms with E-state index in [4.69, 9.17) is 4.74 Å². The molecule has 1 aromatic carbocycles. The topological polar surface area (TPSA) is 54.5 Å². The summed E-state index contributed by atoms with van der Waals surface area (Å²) < 4.78 is 5.05. The minimum absolute atomic E-state index is 0.191. The molecule has 0 bridgehead atoms. The zero-order valence-electron chi connectivity index (χ0n) is 13.5. The van der Waals surface area contributed by atoms with Crippen LogP contribution in [0.4, 0.5) is 4.79 Å². The molecule has 1 aliphatic rings. The lowest BCUT2D eigenvalue weighted by Gasteiger charge is -2.31. The molecular formula is C18H23N3O2. The van der Waals surface area contributed by atoms with Gasteiger partial charge in [-0.3, -0.25) is 4.98 Å². The molecule has 5 heteroatoms. The number of benzene rings is 1. The zero-order valence-corrected chi connectivity index (χ0v) is 13.5. The largest absolute Gasteiger partial charge is 0.450 e. The van der Waals surface area contributed by atoms with Crippen molar-refractivity contribution in [3.8, 4) is 0 Å². The molecular weight excluding hydrogens is 290 g/mol. The van der Waals surface area contributed by atoms with Gasteiger partial charge in [-0.2, -0.15) is 0 Å². The molecule has 0 aliphatic carbocycles. The van der Waals surface area contributed by atoms with Crippen LogP contribution in [0.3, 0.4) is 0 Å². The number of amides is 1. The van der Waals surface area contributed by atoms with Crippen LogP contribution >= 0.6 is 0 Å². The molecule has 1 aliphatic heterocycles. The monoisotopic (exact) mass is 313 g/mol. The standard InChI is InChI=1S/C18H23N3O2/c1-2-23-18(22)21-11-8-16(9-12-21)20-13-15-6-3-5-14-7-4-10-19-17(14)15/h3-7,10,16,20H,2,8-9,11-13H2,1H3. The lowest BCUT2D eigenvalue weighted by molar-refractivity contribution is 0.0950. The maximum Gasteiger partial charge on any atom is 0.409 e. The van der Waals surface area contributed by atoms with Gasteiger partial charge < -0.3 is 15.0 Å². The fourth-order valence-electron chi connectivity index (χ4n) is 3.05. The van der Waals surface area contributed by atoms with Gasteiger partial charge in [0.25, 0.3) is 0 Å². The van der Waals surface area contributed by atoms with Crippen molar-refractivity contribution in [3.05, 3.63) is 42.1 Å². The number of nitrogens with zero attached hydrogens (tertiary/aromatic N) is 2. The molecule has 0 spiro atoms. The van der Waals surface area contributed by atoms with Gasteiger partial charge in [-0.1, -0.05) is 24.3 Å². The molecule has 0 saturated carbocycles. The predicted molar refractivity (Wildman–Crippen MR) is 90.2 cm³/mol. The minimum atomic E-state index is -0.191. The molecule has 122 valence electrons. The third kappa shape index (κ3) is 3.79. The highest BCUT2D eigenvalue weighted by atomic mass is 16.6. The molecule has 2 aromatic rings. The Balaban J connectivity index is 1.54. The molecule has 1 amide bonds. The number of hydrogen-bond acceptors (Lipinski definition) is 4. The second kappa shape index (κ2) is 7.42. The highest BCUT2D eigenvalue weighted by molar-refractivity contribution is 5.81. The van der Waals surface area contributed by atoms with Crippen LogP contribution in [-0.2, 0) is 11.3 Å². The van der Waals surface area contributed by atoms with Crippen LogP contribution in [0.5, 0.6) is 0 Å². The molecule has 5 nitrogen and oxygen atoms in total. The second-order valence-electron chi connectivity index (χ2n) is 5.83. The number of ether oxygens (including phenoxy) is 1. The van der Waals surface area contributed by atoms with Gasteiger partial charge in [0.2, 0.25) is 0 Å². The first-order valence-electron chi connectivity index (χ1n) is 8.25. The third-order valence-corrected chi connectivity index (χ3v) is 4.32. The summed E-state index contributed by atoms with van der Waals surface area (Å²) in [6.45, 7) is 4.59. The van der Waals surface area contributed by atoms with Crippen LogP contribution in [0.1, 0.15) is 25.3 Å². The van der Waals surface area contributed by atoms with Crippen LogP contribution in [0, 0.1) is 0 Å². The lowest BCUT2D eigenvalue weighted by atomic mass is 10.0. The van der Waals surface area contributed by atoms with Gasteiger partial charge in [-0.15, -0.1) is 0 Å². The van der Waals surface area contributed by atoms with Crippen LogP contribution in [0.25, 0.3) is 10.9 Å². The molecule has 0 unspecified atom stereocenters. The molecule has 0 radical (unpaired) electrons. The number of nitrogens with one attached hydrogen (secondary N) is 1. The number of para-hydroxylation sites is 1. The van der Waals surface area contributed by atoms with Crippen molar-refractivity contribution in [1.29, 1.82) is 0 Å². The number of pyridine rings is 1. The SMILES string of the molecule is CCOC(=O)N1CCC(NCc2cccc3cccnc23)CC1. The van der Waals surface area contributed by atoms with Gasteiger partial charge in [0.1, 0.15) is 0 Å². The average molecular weight is 313 g/mol. The highest BCUT2D eigenvalue weighted by Gasteiger charge is 2.23. The Morgan fingerprint density at radius 2 is 2.09 bits per heavy atom. The molecule has 3 rings (SSSR count). The van der Waals surface area contributed by atoms with Crippen LogP contribution in [-0.4, -0.2) is 41.7 Å². The summed E-state index contributed by atoms with van der Waals surface area (Å²) in [5.41, 5.74) is 2.28. The first-order valence-corrected chi connectivity index (χ1v) is 8.25. The van der Waals surface area contributed by atoms with E-state index in [9.17, 15) is 4.79 Å². The van der Waals surface area contributed by atoms with E-state index in [1.807, 2.05) is 19.2 Å². The summed E-state index contributed by atoms with van der Waals surface area (Å²) in [6, 6.07) is 10.8. The van der Waals surface area contributed by atoms with E-state index in [1.54, 1.807) is 4.90 Å². The van der Waals surface area contributed by atoms with E-state index in [0.29, 0.717) is 12.6 Å².